The molecule has 0 fully saturated rings. The van der Waals surface area contributed by atoms with Crippen molar-refractivity contribution in [1.82, 2.24) is 0 Å². The first-order chi connectivity index (χ1) is 21.8. The Morgan fingerprint density at radius 3 is 2.38 bits per heavy atom. The van der Waals surface area contributed by atoms with Crippen molar-refractivity contribution in [3.63, 3.8) is 0 Å². The number of aliphatic imine (C=N–C) groups is 1. The molecule has 3 aromatic rings. The number of rotatable bonds is 6. The Hall–Kier alpha value is -5.88. The number of allylic oxidation sites excluding steroid dienone is 6. The second kappa shape index (κ2) is 12.0. The maximum atomic E-state index is 9.76. The summed E-state index contributed by atoms with van der Waals surface area (Å²) in [7, 11) is 1.66. The molecule has 1 aromatic heterocycles. The van der Waals surface area contributed by atoms with Gasteiger partial charge in [-0.25, -0.2) is 4.99 Å². The summed E-state index contributed by atoms with van der Waals surface area (Å²) in [5.41, 5.74) is 3.52. The molecule has 2 aliphatic heterocycles. The molecule has 2 aromatic carbocycles. The van der Waals surface area contributed by atoms with E-state index in [9.17, 15) is 15.8 Å². The predicted molar refractivity (Wildman–Crippen MR) is 175 cm³/mol. The summed E-state index contributed by atoms with van der Waals surface area (Å²) in [4.78, 5) is 7.00. The summed E-state index contributed by atoms with van der Waals surface area (Å²) < 4.78 is 17.5. The molecule has 45 heavy (non-hydrogen) atoms. The lowest BCUT2D eigenvalue weighted by atomic mass is 9.89. The SMILES string of the molecule is COc1ccc(C2C=CC=C3Oc4cc(/C=C/c5ccc(/C=C/C6=C(C#N)C(=C(C#N)C#N)OC6(C)C)s5)ccc4N=C32)cc1. The van der Waals surface area contributed by atoms with Crippen LogP contribution < -0.4 is 9.47 Å². The summed E-state index contributed by atoms with van der Waals surface area (Å²) >= 11 is 1.59. The molecular weight excluding hydrogens is 580 g/mol. The van der Waals surface area contributed by atoms with Gasteiger partial charge in [0.25, 0.3) is 0 Å². The van der Waals surface area contributed by atoms with Crippen LogP contribution >= 0.6 is 11.3 Å². The average molecular weight is 607 g/mol. The molecule has 0 saturated carbocycles. The molecule has 3 heterocycles. The first kappa shape index (κ1) is 29.2. The smallest absolute Gasteiger partial charge is 0.172 e. The van der Waals surface area contributed by atoms with E-state index in [2.05, 4.69) is 24.3 Å². The third kappa shape index (κ3) is 5.74. The van der Waals surface area contributed by atoms with Crippen LogP contribution in [0, 0.1) is 34.0 Å². The fraction of sp³-hybridized carbons (Fsp3) is 0.135. The number of nitrogens with zero attached hydrogens (tertiary/aromatic N) is 4. The number of thiophene rings is 1. The zero-order chi connectivity index (χ0) is 31.6. The standard InChI is InChI=1S/C37H26N4O3S/c1-37(2)31(30(22-40)36(44-37)25(20-38)21-39)17-16-28-15-14-27(45-28)13-7-23-8-18-32-34(19-23)43-33-6-4-5-29(35(33)41-32)24-9-11-26(42-3)12-10-24/h4-19,29H,1-3H3/b13-7+,17-16+. The highest BCUT2D eigenvalue weighted by Gasteiger charge is 2.38. The fourth-order valence-corrected chi connectivity index (χ4v) is 6.12. The van der Waals surface area contributed by atoms with Crippen LogP contribution in [0.25, 0.3) is 18.2 Å². The lowest BCUT2D eigenvalue weighted by Gasteiger charge is -2.26. The predicted octanol–water partition coefficient (Wildman–Crippen LogP) is 8.57. The van der Waals surface area contributed by atoms with Gasteiger partial charge in [-0.2, -0.15) is 15.8 Å². The topological polar surface area (TPSA) is 111 Å². The van der Waals surface area contributed by atoms with Gasteiger partial charge in [0, 0.05) is 21.2 Å². The van der Waals surface area contributed by atoms with Crippen LogP contribution in [0.2, 0.25) is 0 Å². The third-order valence-corrected chi connectivity index (χ3v) is 8.60. The normalized spacial score (nSPS) is 17.8. The Morgan fingerprint density at radius 1 is 0.956 bits per heavy atom. The zero-order valence-electron chi connectivity index (χ0n) is 24.7. The van der Waals surface area contributed by atoms with E-state index in [0.29, 0.717) is 11.3 Å². The van der Waals surface area contributed by atoms with Crippen LogP contribution in [-0.2, 0) is 4.74 Å². The lowest BCUT2D eigenvalue weighted by Crippen LogP contribution is -2.21. The molecule has 1 unspecified atom stereocenters. The van der Waals surface area contributed by atoms with Crippen molar-refractivity contribution in [1.29, 1.82) is 15.8 Å². The second-order valence-corrected chi connectivity index (χ2v) is 12.0. The van der Waals surface area contributed by atoms with E-state index in [1.165, 1.54) is 0 Å². The van der Waals surface area contributed by atoms with Crippen molar-refractivity contribution in [3.8, 4) is 29.7 Å². The van der Waals surface area contributed by atoms with Crippen molar-refractivity contribution in [3.05, 3.63) is 128 Å². The summed E-state index contributed by atoms with van der Waals surface area (Å²) in [5.74, 6) is 2.29. The van der Waals surface area contributed by atoms with Gasteiger partial charge in [0.2, 0.25) is 0 Å². The van der Waals surface area contributed by atoms with Crippen LogP contribution in [0.3, 0.4) is 0 Å². The number of ether oxygens (including phenoxy) is 3. The molecule has 7 nitrogen and oxygen atoms in total. The first-order valence-electron chi connectivity index (χ1n) is 14.1. The minimum atomic E-state index is -0.851. The van der Waals surface area contributed by atoms with E-state index >= 15 is 0 Å². The van der Waals surface area contributed by atoms with E-state index in [1.807, 2.05) is 91.1 Å². The highest BCUT2D eigenvalue weighted by atomic mass is 32.1. The molecule has 0 saturated heterocycles. The number of benzene rings is 2. The van der Waals surface area contributed by atoms with Crippen molar-refractivity contribution < 1.29 is 14.2 Å². The Bertz CT molecular complexity index is 2030. The molecule has 1 aliphatic carbocycles. The molecule has 0 bridgehead atoms. The van der Waals surface area contributed by atoms with Gasteiger partial charge in [-0.05, 0) is 79.6 Å². The monoisotopic (exact) mass is 606 g/mol. The van der Waals surface area contributed by atoms with Crippen LogP contribution in [-0.4, -0.2) is 18.4 Å². The average Bonchev–Trinajstić information content (AvgIpc) is 3.62. The number of fused-ring (bicyclic) bond motifs is 2. The lowest BCUT2D eigenvalue weighted by molar-refractivity contribution is 0.0954. The van der Waals surface area contributed by atoms with Crippen LogP contribution in [0.4, 0.5) is 5.69 Å². The van der Waals surface area contributed by atoms with Gasteiger partial charge in [0.15, 0.2) is 17.1 Å². The Kier molecular flexibility index (Phi) is 7.80. The molecule has 0 spiro atoms. The number of nitriles is 3. The quantitative estimate of drug-likeness (QED) is 0.260. The van der Waals surface area contributed by atoms with E-state index in [0.717, 1.165) is 43.8 Å². The van der Waals surface area contributed by atoms with Crippen molar-refractivity contribution in [2.45, 2.75) is 25.4 Å². The number of hydrogen-bond donors (Lipinski definition) is 0. The Morgan fingerprint density at radius 2 is 1.69 bits per heavy atom. The van der Waals surface area contributed by atoms with E-state index < -0.39 is 5.60 Å². The van der Waals surface area contributed by atoms with E-state index in [-0.39, 0.29) is 22.8 Å². The van der Waals surface area contributed by atoms with Gasteiger partial charge >= 0.3 is 0 Å². The molecule has 8 heteroatoms. The van der Waals surface area contributed by atoms with Gasteiger partial charge in [0.05, 0.1) is 12.8 Å². The van der Waals surface area contributed by atoms with Gasteiger partial charge < -0.3 is 14.2 Å². The summed E-state index contributed by atoms with van der Waals surface area (Å²) in [6.45, 7) is 3.61. The largest absolute Gasteiger partial charge is 0.497 e. The van der Waals surface area contributed by atoms with Crippen molar-refractivity contribution >= 4 is 41.0 Å². The molecule has 0 radical (unpaired) electrons. The van der Waals surface area contributed by atoms with Crippen molar-refractivity contribution in [2.75, 3.05) is 7.11 Å². The number of methoxy groups -OCH3 is 1. The molecule has 0 amide bonds. The molecule has 3 aliphatic rings. The molecule has 218 valence electrons. The van der Waals surface area contributed by atoms with Gasteiger partial charge in [-0.15, -0.1) is 11.3 Å². The highest BCUT2D eigenvalue weighted by molar-refractivity contribution is 7.13. The summed E-state index contributed by atoms with van der Waals surface area (Å²) in [6, 6.07) is 23.8. The third-order valence-electron chi connectivity index (χ3n) is 7.58. The zero-order valence-corrected chi connectivity index (χ0v) is 25.6. The van der Waals surface area contributed by atoms with Gasteiger partial charge in [-0.1, -0.05) is 42.5 Å². The maximum absolute atomic E-state index is 9.76. The van der Waals surface area contributed by atoms with E-state index in [4.69, 9.17) is 19.2 Å². The fourth-order valence-electron chi connectivity index (χ4n) is 5.31. The van der Waals surface area contributed by atoms with Gasteiger partial charge in [0.1, 0.15) is 46.6 Å². The molecule has 6 rings (SSSR count). The highest BCUT2D eigenvalue weighted by Crippen LogP contribution is 2.42. The Balaban J connectivity index is 1.20. The molecular formula is C37H26N4O3S. The van der Waals surface area contributed by atoms with Crippen molar-refractivity contribution in [2.24, 2.45) is 4.99 Å². The van der Waals surface area contributed by atoms with Crippen LogP contribution in [0.15, 0.2) is 112 Å². The number of hydrogen-bond acceptors (Lipinski definition) is 8. The van der Waals surface area contributed by atoms with Gasteiger partial charge in [-0.3, -0.25) is 0 Å². The maximum Gasteiger partial charge on any atom is 0.172 e. The van der Waals surface area contributed by atoms with E-state index in [1.54, 1.807) is 32.3 Å². The Labute approximate surface area is 265 Å². The van der Waals surface area contributed by atoms with Crippen LogP contribution in [0.1, 0.15) is 40.6 Å². The molecule has 0 N–H and O–H groups in total. The minimum absolute atomic E-state index is 0.00756. The first-order valence-corrected chi connectivity index (χ1v) is 14.9. The minimum Gasteiger partial charge on any atom is -0.497 e. The van der Waals surface area contributed by atoms with Crippen LogP contribution in [0.5, 0.6) is 11.5 Å². The molecule has 1 atom stereocenters. The summed E-state index contributed by atoms with van der Waals surface area (Å²) in [5, 5.41) is 28.3. The second-order valence-electron chi connectivity index (χ2n) is 10.8. The summed E-state index contributed by atoms with van der Waals surface area (Å²) in [6.07, 6.45) is 13.9.